The Bertz CT molecular complexity index is 85.7. The summed E-state index contributed by atoms with van der Waals surface area (Å²) in [5.41, 5.74) is 0. The van der Waals surface area contributed by atoms with Crippen LogP contribution in [0.25, 0.3) is 0 Å². The first kappa shape index (κ1) is 8.01. The lowest BCUT2D eigenvalue weighted by atomic mass is 10.2. The summed E-state index contributed by atoms with van der Waals surface area (Å²) in [6.07, 6.45) is 3.40. The molecule has 0 N–H and O–H groups in total. The van der Waals surface area contributed by atoms with Crippen LogP contribution in [0.2, 0.25) is 0 Å². The molecule has 0 atom stereocenters. The standard InChI is InChI=1S/C5H11BO4/c1-2-3-4-5-7-6-8-10-9-6/h2-5H2,1H3. The van der Waals surface area contributed by atoms with Crippen molar-refractivity contribution in [3.8, 4) is 0 Å². The molecular weight excluding hydrogens is 135 g/mol. The van der Waals surface area contributed by atoms with Crippen LogP contribution in [-0.4, -0.2) is 13.9 Å². The Morgan fingerprint density at radius 3 is 2.60 bits per heavy atom. The molecule has 1 rings (SSSR count). The topological polar surface area (TPSA) is 36.9 Å². The van der Waals surface area contributed by atoms with Crippen molar-refractivity contribution in [2.24, 2.45) is 0 Å². The molecule has 0 aromatic carbocycles. The van der Waals surface area contributed by atoms with Crippen molar-refractivity contribution in [3.63, 3.8) is 0 Å². The fourth-order valence-corrected chi connectivity index (χ4v) is 0.659. The van der Waals surface area contributed by atoms with Crippen LogP contribution in [0.3, 0.4) is 0 Å². The third kappa shape index (κ3) is 2.66. The minimum atomic E-state index is -0.586. The fraction of sp³-hybridized carbons (Fsp3) is 1.00. The van der Waals surface area contributed by atoms with Gasteiger partial charge in [-0.15, -0.1) is 0 Å². The van der Waals surface area contributed by atoms with Crippen LogP contribution >= 0.6 is 0 Å². The number of unbranched alkanes of at least 4 members (excludes halogenated alkanes) is 2. The average molecular weight is 146 g/mol. The maximum atomic E-state index is 5.01. The van der Waals surface area contributed by atoms with E-state index in [4.69, 9.17) is 4.65 Å². The van der Waals surface area contributed by atoms with E-state index in [1.807, 2.05) is 0 Å². The molecule has 58 valence electrons. The van der Waals surface area contributed by atoms with Gasteiger partial charge in [-0.1, -0.05) is 24.8 Å². The average Bonchev–Trinajstić information content (AvgIpc) is 1.84. The Morgan fingerprint density at radius 2 is 2.10 bits per heavy atom. The van der Waals surface area contributed by atoms with Crippen molar-refractivity contribution >= 4 is 7.32 Å². The van der Waals surface area contributed by atoms with Gasteiger partial charge in [-0.2, -0.15) is 0 Å². The van der Waals surface area contributed by atoms with E-state index in [-0.39, 0.29) is 0 Å². The van der Waals surface area contributed by atoms with Crippen LogP contribution in [0, 0.1) is 0 Å². The van der Waals surface area contributed by atoms with E-state index in [2.05, 4.69) is 21.6 Å². The predicted molar refractivity (Wildman–Crippen MR) is 34.5 cm³/mol. The third-order valence-electron chi connectivity index (χ3n) is 1.24. The minimum Gasteiger partial charge on any atom is -0.383 e. The van der Waals surface area contributed by atoms with Crippen molar-refractivity contribution < 1.29 is 19.3 Å². The molecule has 10 heavy (non-hydrogen) atoms. The van der Waals surface area contributed by atoms with Gasteiger partial charge in [0.05, 0.1) is 0 Å². The molecule has 0 unspecified atom stereocenters. The van der Waals surface area contributed by atoms with Crippen molar-refractivity contribution in [3.05, 3.63) is 0 Å². The molecular formula is C5H11BO4. The molecule has 0 amide bonds. The Kier molecular flexibility index (Phi) is 3.75. The molecule has 1 aliphatic heterocycles. The highest BCUT2D eigenvalue weighted by molar-refractivity contribution is 6.36. The van der Waals surface area contributed by atoms with Gasteiger partial charge in [-0.05, 0) is 6.42 Å². The smallest absolute Gasteiger partial charge is 0.383 e. The summed E-state index contributed by atoms with van der Waals surface area (Å²) in [7, 11) is -0.586. The maximum absolute atomic E-state index is 5.01. The quantitative estimate of drug-likeness (QED) is 0.330. The van der Waals surface area contributed by atoms with E-state index in [9.17, 15) is 0 Å². The largest absolute Gasteiger partial charge is 0.701 e. The van der Waals surface area contributed by atoms with Gasteiger partial charge in [0.15, 0.2) is 0 Å². The van der Waals surface area contributed by atoms with E-state index >= 15 is 0 Å². The van der Waals surface area contributed by atoms with Crippen molar-refractivity contribution in [1.29, 1.82) is 0 Å². The molecule has 0 radical (unpaired) electrons. The van der Waals surface area contributed by atoms with E-state index < -0.39 is 7.32 Å². The lowest BCUT2D eigenvalue weighted by molar-refractivity contribution is -0.522. The molecule has 0 aliphatic carbocycles. The van der Waals surface area contributed by atoms with Crippen LogP contribution in [0.5, 0.6) is 0 Å². The molecule has 0 aromatic heterocycles. The Labute approximate surface area is 60.4 Å². The van der Waals surface area contributed by atoms with Gasteiger partial charge in [0.25, 0.3) is 0 Å². The van der Waals surface area contributed by atoms with Crippen LogP contribution in [0.1, 0.15) is 26.2 Å². The molecule has 0 saturated carbocycles. The van der Waals surface area contributed by atoms with E-state index in [1.165, 1.54) is 12.8 Å². The molecule has 5 heteroatoms. The summed E-state index contributed by atoms with van der Waals surface area (Å²) in [6, 6.07) is 0. The second-order valence-electron chi connectivity index (χ2n) is 2.13. The molecule has 0 spiro atoms. The first-order chi connectivity index (χ1) is 4.93. The van der Waals surface area contributed by atoms with Gasteiger partial charge in [0.2, 0.25) is 0 Å². The molecule has 1 saturated heterocycles. The summed E-state index contributed by atoms with van der Waals surface area (Å²) >= 11 is 0. The summed E-state index contributed by atoms with van der Waals surface area (Å²) in [5, 5.41) is 3.97. The molecule has 1 fully saturated rings. The number of hydrogen-bond acceptors (Lipinski definition) is 4. The predicted octanol–water partition coefficient (Wildman–Crippen LogP) is 1.07. The van der Waals surface area contributed by atoms with E-state index in [1.54, 1.807) is 0 Å². The minimum absolute atomic E-state index is 0.586. The Morgan fingerprint density at radius 1 is 1.30 bits per heavy atom. The van der Waals surface area contributed by atoms with Crippen LogP contribution in [-0.2, 0) is 19.3 Å². The van der Waals surface area contributed by atoms with Crippen LogP contribution in [0.4, 0.5) is 0 Å². The molecule has 1 aliphatic rings. The van der Waals surface area contributed by atoms with Gasteiger partial charge < -0.3 is 4.65 Å². The van der Waals surface area contributed by atoms with Gasteiger partial charge in [-0.3, -0.25) is 0 Å². The van der Waals surface area contributed by atoms with Crippen LogP contribution in [0.15, 0.2) is 0 Å². The third-order valence-corrected chi connectivity index (χ3v) is 1.24. The zero-order valence-corrected chi connectivity index (χ0v) is 6.04. The monoisotopic (exact) mass is 146 g/mol. The molecule has 0 bridgehead atoms. The van der Waals surface area contributed by atoms with Gasteiger partial charge >= 0.3 is 7.32 Å². The SMILES string of the molecule is CCCCCOB1OOO1. The number of hydrogen-bond donors (Lipinski definition) is 0. The summed E-state index contributed by atoms with van der Waals surface area (Å²) < 4.78 is 5.01. The summed E-state index contributed by atoms with van der Waals surface area (Å²) in [4.78, 5) is 8.73. The highest BCUT2D eigenvalue weighted by atomic mass is 17.6. The highest BCUT2D eigenvalue weighted by Gasteiger charge is 2.34. The second-order valence-corrected chi connectivity index (χ2v) is 2.13. The molecule has 4 nitrogen and oxygen atoms in total. The highest BCUT2D eigenvalue weighted by Crippen LogP contribution is 2.06. The van der Waals surface area contributed by atoms with Crippen molar-refractivity contribution in [1.82, 2.24) is 0 Å². The summed E-state index contributed by atoms with van der Waals surface area (Å²) in [5.74, 6) is 0. The van der Waals surface area contributed by atoms with E-state index in [0.29, 0.717) is 6.61 Å². The number of rotatable bonds is 5. The Hall–Kier alpha value is -0.0951. The van der Waals surface area contributed by atoms with Gasteiger partial charge in [0.1, 0.15) is 0 Å². The second kappa shape index (κ2) is 4.68. The van der Waals surface area contributed by atoms with Gasteiger partial charge in [0, 0.05) is 6.61 Å². The first-order valence-electron chi connectivity index (χ1n) is 3.54. The molecule has 1 heterocycles. The molecule has 0 aromatic rings. The summed E-state index contributed by atoms with van der Waals surface area (Å²) in [6.45, 7) is 2.81. The van der Waals surface area contributed by atoms with Crippen LogP contribution < -0.4 is 0 Å². The van der Waals surface area contributed by atoms with E-state index in [0.717, 1.165) is 6.42 Å². The maximum Gasteiger partial charge on any atom is 0.701 e. The fourth-order valence-electron chi connectivity index (χ4n) is 0.659. The normalized spacial score (nSPS) is 17.1. The first-order valence-corrected chi connectivity index (χ1v) is 3.54. The van der Waals surface area contributed by atoms with Crippen molar-refractivity contribution in [2.45, 2.75) is 26.2 Å². The lowest BCUT2D eigenvalue weighted by Gasteiger charge is -2.17. The Balaban J connectivity index is 1.76. The zero-order valence-electron chi connectivity index (χ0n) is 6.04. The zero-order chi connectivity index (χ0) is 7.23. The lowest BCUT2D eigenvalue weighted by Crippen LogP contribution is -2.37. The van der Waals surface area contributed by atoms with Crippen molar-refractivity contribution in [2.75, 3.05) is 6.61 Å². The van der Waals surface area contributed by atoms with Gasteiger partial charge in [-0.25, -0.2) is 9.61 Å².